The van der Waals surface area contributed by atoms with Gasteiger partial charge in [0.1, 0.15) is 0 Å². The number of aromatic nitrogens is 2. The molecule has 22 heavy (non-hydrogen) atoms. The molecule has 1 aromatic heterocycles. The molecule has 0 bridgehead atoms. The number of aromatic amines is 1. The topological polar surface area (TPSA) is 86.9 Å². The molecule has 6 heteroatoms. The molecule has 0 aliphatic heterocycles. The standard InChI is InChI=1S/C16H20N4O2/c21-12-17-10-6-2-5-9-15(22)20-16-18-11-14(19-16)13-7-3-1-4-8-13/h1,3-4,7-8,11-12H,2,5-6,9-10H2,(H,17,21)(H2,18,19,20,22). The third-order valence-corrected chi connectivity index (χ3v) is 3.23. The van der Waals surface area contributed by atoms with Crippen LogP contribution in [0.5, 0.6) is 0 Å². The first-order chi connectivity index (χ1) is 10.8. The number of carbonyl (C=O) groups excluding carboxylic acids is 2. The van der Waals surface area contributed by atoms with Crippen LogP contribution in [0.2, 0.25) is 0 Å². The number of hydrogen-bond donors (Lipinski definition) is 3. The highest BCUT2D eigenvalue weighted by Crippen LogP contribution is 2.17. The molecule has 2 rings (SSSR count). The molecule has 0 atom stereocenters. The molecule has 2 amide bonds. The molecular weight excluding hydrogens is 280 g/mol. The summed E-state index contributed by atoms with van der Waals surface area (Å²) < 4.78 is 0. The molecule has 0 aliphatic rings. The Balaban J connectivity index is 1.73. The van der Waals surface area contributed by atoms with Crippen molar-refractivity contribution in [3.8, 4) is 11.3 Å². The monoisotopic (exact) mass is 300 g/mol. The first kappa shape index (κ1) is 15.8. The van der Waals surface area contributed by atoms with Gasteiger partial charge in [-0.15, -0.1) is 0 Å². The molecule has 0 saturated carbocycles. The summed E-state index contributed by atoms with van der Waals surface area (Å²) in [6, 6.07) is 9.81. The number of hydrogen-bond acceptors (Lipinski definition) is 3. The van der Waals surface area contributed by atoms with Gasteiger partial charge in [0.15, 0.2) is 0 Å². The van der Waals surface area contributed by atoms with Crippen molar-refractivity contribution in [2.75, 3.05) is 11.9 Å². The maximum absolute atomic E-state index is 11.8. The lowest BCUT2D eigenvalue weighted by atomic mass is 10.2. The molecule has 1 heterocycles. The summed E-state index contributed by atoms with van der Waals surface area (Å²) in [5.41, 5.74) is 1.90. The predicted octanol–water partition coefficient (Wildman–Crippen LogP) is 2.32. The normalized spacial score (nSPS) is 10.2. The molecule has 116 valence electrons. The van der Waals surface area contributed by atoms with Crippen molar-refractivity contribution in [2.45, 2.75) is 25.7 Å². The van der Waals surface area contributed by atoms with Gasteiger partial charge in [0.25, 0.3) is 0 Å². The van der Waals surface area contributed by atoms with Gasteiger partial charge in [-0.1, -0.05) is 36.8 Å². The number of imidazole rings is 1. The number of nitrogens with one attached hydrogen (secondary N) is 3. The number of carbonyl (C=O) groups is 2. The van der Waals surface area contributed by atoms with Crippen LogP contribution in [0.15, 0.2) is 36.5 Å². The molecule has 0 fully saturated rings. The molecular formula is C16H20N4O2. The first-order valence-electron chi connectivity index (χ1n) is 7.37. The molecule has 1 aromatic carbocycles. The average molecular weight is 300 g/mol. The number of H-pyrrole nitrogens is 1. The van der Waals surface area contributed by atoms with E-state index in [0.29, 0.717) is 25.3 Å². The van der Waals surface area contributed by atoms with Crippen molar-refractivity contribution in [1.82, 2.24) is 15.3 Å². The van der Waals surface area contributed by atoms with Crippen LogP contribution in [0.25, 0.3) is 11.3 Å². The Bertz CT molecular complexity index is 595. The van der Waals surface area contributed by atoms with Crippen molar-refractivity contribution in [3.63, 3.8) is 0 Å². The van der Waals surface area contributed by atoms with Crippen molar-refractivity contribution < 1.29 is 9.59 Å². The Morgan fingerprint density at radius 2 is 2.00 bits per heavy atom. The minimum atomic E-state index is -0.0580. The van der Waals surface area contributed by atoms with Crippen LogP contribution in [0.1, 0.15) is 25.7 Å². The quantitative estimate of drug-likeness (QED) is 0.490. The van der Waals surface area contributed by atoms with E-state index in [-0.39, 0.29) is 5.91 Å². The van der Waals surface area contributed by atoms with Crippen molar-refractivity contribution in [1.29, 1.82) is 0 Å². The Morgan fingerprint density at radius 3 is 2.77 bits per heavy atom. The van der Waals surface area contributed by atoms with Crippen LogP contribution in [-0.2, 0) is 9.59 Å². The lowest BCUT2D eigenvalue weighted by Crippen LogP contribution is -2.14. The zero-order valence-corrected chi connectivity index (χ0v) is 12.3. The fourth-order valence-corrected chi connectivity index (χ4v) is 2.09. The number of amides is 2. The van der Waals surface area contributed by atoms with Gasteiger partial charge in [0.05, 0.1) is 11.9 Å². The van der Waals surface area contributed by atoms with E-state index in [1.807, 2.05) is 30.3 Å². The number of benzene rings is 1. The third kappa shape index (κ3) is 5.05. The van der Waals surface area contributed by atoms with Crippen LogP contribution >= 0.6 is 0 Å². The SMILES string of the molecule is O=CNCCCCCC(=O)Nc1ncc(-c2ccccc2)[nH]1. The average Bonchev–Trinajstić information content (AvgIpc) is 3.00. The summed E-state index contributed by atoms with van der Waals surface area (Å²) >= 11 is 0. The summed E-state index contributed by atoms with van der Waals surface area (Å²) in [5.74, 6) is 0.406. The van der Waals surface area contributed by atoms with E-state index >= 15 is 0 Å². The molecule has 0 aliphatic carbocycles. The van der Waals surface area contributed by atoms with Gasteiger partial charge >= 0.3 is 0 Å². The van der Waals surface area contributed by atoms with Crippen LogP contribution < -0.4 is 10.6 Å². The second kappa shape index (κ2) is 8.61. The number of rotatable bonds is 9. The van der Waals surface area contributed by atoms with Gasteiger partial charge < -0.3 is 10.3 Å². The maximum Gasteiger partial charge on any atom is 0.226 e. The Kier molecular flexibility index (Phi) is 6.17. The van der Waals surface area contributed by atoms with Crippen molar-refractivity contribution >= 4 is 18.3 Å². The molecule has 6 nitrogen and oxygen atoms in total. The van der Waals surface area contributed by atoms with E-state index in [2.05, 4.69) is 20.6 Å². The largest absolute Gasteiger partial charge is 0.359 e. The van der Waals surface area contributed by atoms with Crippen molar-refractivity contribution in [3.05, 3.63) is 36.5 Å². The van der Waals surface area contributed by atoms with E-state index in [1.165, 1.54) is 0 Å². The number of anilines is 1. The Labute approximate surface area is 129 Å². The van der Waals surface area contributed by atoms with Crippen LogP contribution in [0.4, 0.5) is 5.95 Å². The summed E-state index contributed by atoms with van der Waals surface area (Å²) in [4.78, 5) is 29.1. The number of nitrogens with zero attached hydrogens (tertiary/aromatic N) is 1. The summed E-state index contributed by atoms with van der Waals surface area (Å²) in [7, 11) is 0. The zero-order chi connectivity index (χ0) is 15.6. The smallest absolute Gasteiger partial charge is 0.226 e. The van der Waals surface area contributed by atoms with Crippen molar-refractivity contribution in [2.24, 2.45) is 0 Å². The Morgan fingerprint density at radius 1 is 1.18 bits per heavy atom. The van der Waals surface area contributed by atoms with Gasteiger partial charge in [-0.3, -0.25) is 14.9 Å². The number of unbranched alkanes of at least 4 members (excludes halogenated alkanes) is 2. The van der Waals surface area contributed by atoms with Gasteiger partial charge in [-0.05, 0) is 18.4 Å². The molecule has 3 N–H and O–H groups in total. The maximum atomic E-state index is 11.8. The van der Waals surface area contributed by atoms with E-state index < -0.39 is 0 Å². The second-order valence-electron chi connectivity index (χ2n) is 4.94. The fraction of sp³-hybridized carbons (Fsp3) is 0.312. The van der Waals surface area contributed by atoms with Gasteiger partial charge in [0, 0.05) is 13.0 Å². The van der Waals surface area contributed by atoms with Crippen LogP contribution in [-0.4, -0.2) is 28.8 Å². The van der Waals surface area contributed by atoms with Gasteiger partial charge in [-0.2, -0.15) is 0 Å². The zero-order valence-electron chi connectivity index (χ0n) is 12.3. The highest BCUT2D eigenvalue weighted by atomic mass is 16.1. The highest BCUT2D eigenvalue weighted by Gasteiger charge is 2.06. The molecule has 2 aromatic rings. The summed E-state index contributed by atoms with van der Waals surface area (Å²) in [6.07, 6.45) is 5.41. The minimum Gasteiger partial charge on any atom is -0.359 e. The fourth-order valence-electron chi connectivity index (χ4n) is 2.09. The van der Waals surface area contributed by atoms with Crippen LogP contribution in [0, 0.1) is 0 Å². The van der Waals surface area contributed by atoms with E-state index in [1.54, 1.807) is 6.20 Å². The molecule has 0 unspecified atom stereocenters. The van der Waals surface area contributed by atoms with E-state index in [9.17, 15) is 9.59 Å². The molecule has 0 saturated heterocycles. The molecule has 0 radical (unpaired) electrons. The molecule has 0 spiro atoms. The second-order valence-corrected chi connectivity index (χ2v) is 4.94. The van der Waals surface area contributed by atoms with Gasteiger partial charge in [-0.25, -0.2) is 4.98 Å². The predicted molar refractivity (Wildman–Crippen MR) is 85.2 cm³/mol. The minimum absolute atomic E-state index is 0.0580. The first-order valence-corrected chi connectivity index (χ1v) is 7.37. The van der Waals surface area contributed by atoms with Crippen LogP contribution in [0.3, 0.4) is 0 Å². The lowest BCUT2D eigenvalue weighted by molar-refractivity contribution is -0.116. The van der Waals surface area contributed by atoms with E-state index in [0.717, 1.165) is 30.5 Å². The lowest BCUT2D eigenvalue weighted by Gasteiger charge is -2.02. The summed E-state index contributed by atoms with van der Waals surface area (Å²) in [6.45, 7) is 0.656. The Hall–Kier alpha value is -2.63. The summed E-state index contributed by atoms with van der Waals surface area (Å²) in [5, 5.41) is 5.36. The highest BCUT2D eigenvalue weighted by molar-refractivity contribution is 5.89. The van der Waals surface area contributed by atoms with Gasteiger partial charge in [0.2, 0.25) is 18.3 Å². The third-order valence-electron chi connectivity index (χ3n) is 3.23. The van der Waals surface area contributed by atoms with E-state index in [4.69, 9.17) is 0 Å².